The van der Waals surface area contributed by atoms with Gasteiger partial charge in [0.1, 0.15) is 5.69 Å². The largest absolute Gasteiger partial charge is 0.379 e. The molecular formula is C22H33N3O. The zero-order chi connectivity index (χ0) is 19.2. The number of aromatic amines is 1. The predicted octanol–water partition coefficient (Wildman–Crippen LogP) is 5.20. The number of rotatable bonds is 5. The summed E-state index contributed by atoms with van der Waals surface area (Å²) in [7, 11) is 0. The Bertz CT molecular complexity index is 760. The highest BCUT2D eigenvalue weighted by Crippen LogP contribution is 2.46. The summed E-state index contributed by atoms with van der Waals surface area (Å²) in [6.45, 7) is 10.6. The third kappa shape index (κ3) is 4.35. The molecule has 1 aliphatic heterocycles. The maximum Gasteiger partial charge on any atom is 0.269 e. The van der Waals surface area contributed by atoms with Gasteiger partial charge in [-0.15, -0.1) is 0 Å². The molecular weight excluding hydrogens is 322 g/mol. The van der Waals surface area contributed by atoms with E-state index >= 15 is 0 Å². The Balaban J connectivity index is 0.000000209. The molecule has 0 bridgehead atoms. The molecule has 1 aromatic heterocycles. The Labute approximate surface area is 157 Å². The number of H-pyrrole nitrogens is 1. The SMILES string of the molecule is CCCC1(CCC)Nc2ccccc2[C@H]1C.CCc1cnc(C)c(=O)[nH]1. The van der Waals surface area contributed by atoms with Gasteiger partial charge in [-0.25, -0.2) is 0 Å². The fourth-order valence-corrected chi connectivity index (χ4v) is 3.92. The summed E-state index contributed by atoms with van der Waals surface area (Å²) in [5.41, 5.74) is 4.50. The van der Waals surface area contributed by atoms with Gasteiger partial charge in [0, 0.05) is 29.0 Å². The monoisotopic (exact) mass is 355 g/mol. The van der Waals surface area contributed by atoms with Crippen LogP contribution >= 0.6 is 0 Å². The quantitative estimate of drug-likeness (QED) is 0.775. The first-order valence-electron chi connectivity index (χ1n) is 9.89. The number of hydrogen-bond acceptors (Lipinski definition) is 3. The average Bonchev–Trinajstić information content (AvgIpc) is 2.91. The highest BCUT2D eigenvalue weighted by molar-refractivity contribution is 5.61. The molecule has 0 radical (unpaired) electrons. The van der Waals surface area contributed by atoms with Crippen LogP contribution in [-0.4, -0.2) is 15.5 Å². The first-order valence-corrected chi connectivity index (χ1v) is 9.89. The number of nitrogens with one attached hydrogen (secondary N) is 2. The van der Waals surface area contributed by atoms with Crippen LogP contribution in [-0.2, 0) is 6.42 Å². The van der Waals surface area contributed by atoms with E-state index in [1.54, 1.807) is 13.1 Å². The van der Waals surface area contributed by atoms with Gasteiger partial charge < -0.3 is 10.3 Å². The number of aromatic nitrogens is 2. The van der Waals surface area contributed by atoms with Gasteiger partial charge in [0.05, 0.1) is 0 Å². The van der Waals surface area contributed by atoms with Crippen molar-refractivity contribution in [2.45, 2.75) is 78.2 Å². The fraction of sp³-hybridized carbons (Fsp3) is 0.545. The van der Waals surface area contributed by atoms with Gasteiger partial charge in [-0.3, -0.25) is 9.78 Å². The molecule has 0 aliphatic carbocycles. The van der Waals surface area contributed by atoms with E-state index in [0.29, 0.717) is 17.2 Å². The van der Waals surface area contributed by atoms with Crippen molar-refractivity contribution in [2.75, 3.05) is 5.32 Å². The molecule has 0 amide bonds. The second kappa shape index (κ2) is 9.02. The Morgan fingerprint density at radius 1 is 1.12 bits per heavy atom. The van der Waals surface area contributed by atoms with Gasteiger partial charge in [0.25, 0.3) is 5.56 Å². The van der Waals surface area contributed by atoms with E-state index in [4.69, 9.17) is 0 Å². The molecule has 1 aromatic carbocycles. The Kier molecular flexibility index (Phi) is 7.01. The zero-order valence-electron chi connectivity index (χ0n) is 16.9. The van der Waals surface area contributed by atoms with Crippen LogP contribution in [0.15, 0.2) is 35.3 Å². The lowest BCUT2D eigenvalue weighted by Gasteiger charge is -2.34. The van der Waals surface area contributed by atoms with E-state index in [9.17, 15) is 4.79 Å². The summed E-state index contributed by atoms with van der Waals surface area (Å²) in [4.78, 5) is 17.5. The van der Waals surface area contributed by atoms with Crippen molar-refractivity contribution < 1.29 is 0 Å². The van der Waals surface area contributed by atoms with E-state index in [0.717, 1.165) is 12.1 Å². The first kappa shape index (κ1) is 20.2. The minimum Gasteiger partial charge on any atom is -0.379 e. The van der Waals surface area contributed by atoms with Crippen LogP contribution in [0.1, 0.15) is 76.2 Å². The summed E-state index contributed by atoms with van der Waals surface area (Å²) in [5, 5.41) is 3.80. The van der Waals surface area contributed by atoms with Crippen LogP contribution in [0.2, 0.25) is 0 Å². The van der Waals surface area contributed by atoms with Crippen molar-refractivity contribution in [1.82, 2.24) is 9.97 Å². The lowest BCUT2D eigenvalue weighted by Crippen LogP contribution is -2.38. The molecule has 142 valence electrons. The minimum atomic E-state index is -0.0839. The summed E-state index contributed by atoms with van der Waals surface area (Å²) < 4.78 is 0. The number of benzene rings is 1. The third-order valence-corrected chi connectivity index (χ3v) is 5.43. The molecule has 1 atom stereocenters. The second-order valence-corrected chi connectivity index (χ2v) is 7.27. The summed E-state index contributed by atoms with van der Waals surface area (Å²) >= 11 is 0. The van der Waals surface area contributed by atoms with Crippen LogP contribution in [0.4, 0.5) is 5.69 Å². The van der Waals surface area contributed by atoms with Crippen molar-refractivity contribution >= 4 is 5.69 Å². The van der Waals surface area contributed by atoms with Crippen LogP contribution in [0.25, 0.3) is 0 Å². The molecule has 0 saturated heterocycles. The van der Waals surface area contributed by atoms with Crippen LogP contribution in [0, 0.1) is 6.92 Å². The number of para-hydroxylation sites is 1. The van der Waals surface area contributed by atoms with E-state index in [1.807, 2.05) is 6.92 Å². The van der Waals surface area contributed by atoms with Gasteiger partial charge in [0.2, 0.25) is 0 Å². The standard InChI is InChI=1S/C15H23N.C7H10N2O/c1-4-10-15(11-5-2)12(3)13-8-6-7-9-14(13)16-15;1-3-6-4-8-5(2)7(10)9-6/h6-9,12,16H,4-5,10-11H2,1-3H3;4H,3H2,1-2H3,(H,9,10)/t12-;/m1./s1. The molecule has 2 N–H and O–H groups in total. The number of fused-ring (bicyclic) bond motifs is 1. The lowest BCUT2D eigenvalue weighted by atomic mass is 9.78. The van der Waals surface area contributed by atoms with Gasteiger partial charge in [-0.2, -0.15) is 0 Å². The number of aryl methyl sites for hydroxylation is 2. The molecule has 2 heterocycles. The van der Waals surface area contributed by atoms with Crippen molar-refractivity contribution in [1.29, 1.82) is 0 Å². The molecule has 2 aromatic rings. The van der Waals surface area contributed by atoms with Crippen LogP contribution < -0.4 is 10.9 Å². The summed E-state index contributed by atoms with van der Waals surface area (Å²) in [5.74, 6) is 0.642. The smallest absolute Gasteiger partial charge is 0.269 e. The van der Waals surface area contributed by atoms with E-state index in [2.05, 4.69) is 60.3 Å². The molecule has 0 spiro atoms. The summed E-state index contributed by atoms with van der Waals surface area (Å²) in [6.07, 6.45) is 7.57. The Morgan fingerprint density at radius 2 is 1.77 bits per heavy atom. The van der Waals surface area contributed by atoms with Gasteiger partial charge >= 0.3 is 0 Å². The molecule has 0 saturated carbocycles. The summed E-state index contributed by atoms with van der Waals surface area (Å²) in [6, 6.07) is 8.79. The van der Waals surface area contributed by atoms with E-state index in [-0.39, 0.29) is 5.56 Å². The molecule has 3 rings (SSSR count). The van der Waals surface area contributed by atoms with Gasteiger partial charge in [-0.05, 0) is 37.8 Å². The van der Waals surface area contributed by atoms with Crippen molar-refractivity contribution in [3.8, 4) is 0 Å². The average molecular weight is 356 g/mol. The maximum absolute atomic E-state index is 10.9. The van der Waals surface area contributed by atoms with Crippen molar-refractivity contribution in [3.63, 3.8) is 0 Å². The molecule has 4 heteroatoms. The predicted molar refractivity (Wildman–Crippen MR) is 110 cm³/mol. The third-order valence-electron chi connectivity index (χ3n) is 5.43. The van der Waals surface area contributed by atoms with Gasteiger partial charge in [0.15, 0.2) is 0 Å². The van der Waals surface area contributed by atoms with Crippen LogP contribution in [0.3, 0.4) is 0 Å². The van der Waals surface area contributed by atoms with Crippen molar-refractivity contribution in [2.24, 2.45) is 0 Å². The Morgan fingerprint density at radius 3 is 2.31 bits per heavy atom. The number of hydrogen-bond donors (Lipinski definition) is 2. The molecule has 4 nitrogen and oxygen atoms in total. The molecule has 0 fully saturated rings. The topological polar surface area (TPSA) is 57.8 Å². The van der Waals surface area contributed by atoms with E-state index < -0.39 is 0 Å². The zero-order valence-corrected chi connectivity index (χ0v) is 16.9. The highest BCUT2D eigenvalue weighted by Gasteiger charge is 2.41. The molecule has 26 heavy (non-hydrogen) atoms. The van der Waals surface area contributed by atoms with Crippen molar-refractivity contribution in [3.05, 3.63) is 57.8 Å². The normalized spacial score (nSPS) is 17.0. The van der Waals surface area contributed by atoms with Gasteiger partial charge in [-0.1, -0.05) is 58.7 Å². The Hall–Kier alpha value is -2.10. The highest BCUT2D eigenvalue weighted by atomic mass is 16.1. The first-order chi connectivity index (χ1) is 12.5. The van der Waals surface area contributed by atoms with E-state index in [1.165, 1.54) is 36.9 Å². The fourth-order valence-electron chi connectivity index (χ4n) is 3.92. The second-order valence-electron chi connectivity index (χ2n) is 7.27. The maximum atomic E-state index is 10.9. The minimum absolute atomic E-state index is 0.0839. The molecule has 0 unspecified atom stereocenters. The van der Waals surface area contributed by atoms with Crippen LogP contribution in [0.5, 0.6) is 0 Å². The number of nitrogens with zero attached hydrogens (tertiary/aromatic N) is 1. The molecule has 1 aliphatic rings. The number of anilines is 1. The lowest BCUT2D eigenvalue weighted by molar-refractivity contribution is 0.354.